The number of methoxy groups -OCH3 is 1. The fourth-order valence-corrected chi connectivity index (χ4v) is 3.01. The van der Waals surface area contributed by atoms with Crippen LogP contribution in [0.4, 0.5) is 0 Å². The zero-order valence-corrected chi connectivity index (χ0v) is 12.1. The molecule has 0 aliphatic heterocycles. The number of hydrogen-bond donors (Lipinski definition) is 2. The fourth-order valence-electron chi connectivity index (χ4n) is 3.01. The first-order chi connectivity index (χ1) is 9.78. The number of nitrogens with zero attached hydrogens (tertiary/aromatic N) is 1. The summed E-state index contributed by atoms with van der Waals surface area (Å²) in [5.74, 6) is 1.25. The molecule has 3 N–H and O–H groups in total. The second-order valence-electron chi connectivity index (χ2n) is 5.36. The van der Waals surface area contributed by atoms with Gasteiger partial charge in [-0.1, -0.05) is 6.07 Å². The minimum atomic E-state index is 0.492. The van der Waals surface area contributed by atoms with Crippen molar-refractivity contribution in [2.75, 3.05) is 20.2 Å². The van der Waals surface area contributed by atoms with Crippen molar-refractivity contribution in [3.8, 4) is 11.8 Å². The summed E-state index contributed by atoms with van der Waals surface area (Å²) in [6.45, 7) is 1.58. The molecule has 1 aromatic rings. The maximum absolute atomic E-state index is 9.31. The zero-order chi connectivity index (χ0) is 14.4. The lowest BCUT2D eigenvalue weighted by molar-refractivity contribution is 0.345. The van der Waals surface area contributed by atoms with Gasteiger partial charge in [-0.25, -0.2) is 0 Å². The Morgan fingerprint density at radius 2 is 2.10 bits per heavy atom. The first kappa shape index (κ1) is 14.8. The van der Waals surface area contributed by atoms with E-state index >= 15 is 0 Å². The SMILES string of the molecule is COc1ccc(C2CCC(NCCN)CC2)c(C#N)c1. The van der Waals surface area contributed by atoms with Gasteiger partial charge in [-0.2, -0.15) is 5.26 Å². The smallest absolute Gasteiger partial charge is 0.120 e. The molecule has 0 aromatic heterocycles. The summed E-state index contributed by atoms with van der Waals surface area (Å²) in [6.07, 6.45) is 4.57. The van der Waals surface area contributed by atoms with Crippen LogP contribution in [0.15, 0.2) is 18.2 Å². The summed E-state index contributed by atoms with van der Waals surface area (Å²) in [5.41, 5.74) is 7.44. The zero-order valence-electron chi connectivity index (χ0n) is 12.1. The van der Waals surface area contributed by atoms with E-state index in [1.165, 1.54) is 5.56 Å². The molecule has 0 bridgehead atoms. The van der Waals surface area contributed by atoms with Gasteiger partial charge < -0.3 is 15.8 Å². The topological polar surface area (TPSA) is 71.1 Å². The van der Waals surface area contributed by atoms with E-state index in [1.54, 1.807) is 7.11 Å². The predicted octanol–water partition coefficient (Wildman–Crippen LogP) is 2.14. The van der Waals surface area contributed by atoms with Crippen LogP contribution in [0.5, 0.6) is 5.75 Å². The molecular weight excluding hydrogens is 250 g/mol. The molecule has 0 saturated heterocycles. The minimum absolute atomic E-state index is 0.492. The summed E-state index contributed by atoms with van der Waals surface area (Å²) in [7, 11) is 1.63. The molecule has 20 heavy (non-hydrogen) atoms. The van der Waals surface area contributed by atoms with Crippen LogP contribution < -0.4 is 15.8 Å². The number of nitrogens with two attached hydrogens (primary N) is 1. The maximum atomic E-state index is 9.31. The molecule has 1 aromatic carbocycles. The Kier molecular flexibility index (Phi) is 5.40. The standard InChI is InChI=1S/C16H23N3O/c1-20-15-6-7-16(13(10-15)11-18)12-2-4-14(5-3-12)19-9-8-17/h6-7,10,12,14,19H,2-5,8-9,17H2,1H3. The highest BCUT2D eigenvalue weighted by atomic mass is 16.5. The molecular formula is C16H23N3O. The van der Waals surface area contributed by atoms with E-state index in [-0.39, 0.29) is 0 Å². The summed E-state index contributed by atoms with van der Waals surface area (Å²) >= 11 is 0. The largest absolute Gasteiger partial charge is 0.497 e. The van der Waals surface area contributed by atoms with Crippen LogP contribution in [0.1, 0.15) is 42.7 Å². The minimum Gasteiger partial charge on any atom is -0.497 e. The highest BCUT2D eigenvalue weighted by molar-refractivity contribution is 5.45. The molecule has 0 radical (unpaired) electrons. The molecule has 4 nitrogen and oxygen atoms in total. The molecule has 1 saturated carbocycles. The Morgan fingerprint density at radius 3 is 2.70 bits per heavy atom. The fraction of sp³-hybridized carbons (Fsp3) is 0.562. The maximum Gasteiger partial charge on any atom is 0.120 e. The van der Waals surface area contributed by atoms with Crippen LogP contribution in [-0.2, 0) is 0 Å². The highest BCUT2D eigenvalue weighted by Crippen LogP contribution is 2.35. The molecule has 0 heterocycles. The second kappa shape index (κ2) is 7.28. The van der Waals surface area contributed by atoms with Gasteiger partial charge in [0.1, 0.15) is 5.75 Å². The Labute approximate surface area is 120 Å². The third-order valence-corrected chi connectivity index (χ3v) is 4.13. The second-order valence-corrected chi connectivity index (χ2v) is 5.36. The van der Waals surface area contributed by atoms with Crippen molar-refractivity contribution in [1.29, 1.82) is 5.26 Å². The van der Waals surface area contributed by atoms with Gasteiger partial charge in [-0.05, 0) is 49.3 Å². The number of hydrogen-bond acceptors (Lipinski definition) is 4. The van der Waals surface area contributed by atoms with Gasteiger partial charge in [-0.15, -0.1) is 0 Å². The molecule has 1 aliphatic rings. The van der Waals surface area contributed by atoms with Crippen LogP contribution in [0.3, 0.4) is 0 Å². The Bertz CT molecular complexity index is 473. The van der Waals surface area contributed by atoms with Crippen LogP contribution >= 0.6 is 0 Å². The lowest BCUT2D eigenvalue weighted by Crippen LogP contribution is -2.36. The molecule has 0 amide bonds. The van der Waals surface area contributed by atoms with Crippen molar-refractivity contribution >= 4 is 0 Å². The first-order valence-corrected chi connectivity index (χ1v) is 7.30. The number of benzene rings is 1. The van der Waals surface area contributed by atoms with E-state index in [0.717, 1.165) is 43.5 Å². The molecule has 0 unspecified atom stereocenters. The average molecular weight is 273 g/mol. The van der Waals surface area contributed by atoms with Crippen LogP contribution in [0.25, 0.3) is 0 Å². The Morgan fingerprint density at radius 1 is 1.35 bits per heavy atom. The van der Waals surface area contributed by atoms with Gasteiger partial charge in [0.2, 0.25) is 0 Å². The van der Waals surface area contributed by atoms with E-state index in [4.69, 9.17) is 10.5 Å². The third-order valence-electron chi connectivity index (χ3n) is 4.13. The quantitative estimate of drug-likeness (QED) is 0.862. The van der Waals surface area contributed by atoms with Gasteiger partial charge in [-0.3, -0.25) is 0 Å². The van der Waals surface area contributed by atoms with Gasteiger partial charge in [0.15, 0.2) is 0 Å². The van der Waals surface area contributed by atoms with Crippen molar-refractivity contribution in [3.05, 3.63) is 29.3 Å². The van der Waals surface area contributed by atoms with E-state index in [1.807, 2.05) is 12.1 Å². The van der Waals surface area contributed by atoms with Gasteiger partial charge >= 0.3 is 0 Å². The summed E-state index contributed by atoms with van der Waals surface area (Å²) in [5, 5.41) is 12.8. The number of ether oxygens (including phenoxy) is 1. The summed E-state index contributed by atoms with van der Waals surface area (Å²) in [6, 6.07) is 8.73. The normalized spacial score (nSPS) is 22.2. The predicted molar refractivity (Wildman–Crippen MR) is 79.8 cm³/mol. The lowest BCUT2D eigenvalue weighted by atomic mass is 9.80. The highest BCUT2D eigenvalue weighted by Gasteiger charge is 2.23. The molecule has 108 valence electrons. The van der Waals surface area contributed by atoms with Crippen LogP contribution in [0, 0.1) is 11.3 Å². The molecule has 1 aliphatic carbocycles. The van der Waals surface area contributed by atoms with Crippen LogP contribution in [0.2, 0.25) is 0 Å². The van der Waals surface area contributed by atoms with Crippen molar-refractivity contribution < 1.29 is 4.74 Å². The van der Waals surface area contributed by atoms with E-state index in [0.29, 0.717) is 18.5 Å². The van der Waals surface area contributed by atoms with Crippen LogP contribution in [-0.4, -0.2) is 26.2 Å². The molecule has 0 atom stereocenters. The van der Waals surface area contributed by atoms with Gasteiger partial charge in [0.25, 0.3) is 0 Å². The third kappa shape index (κ3) is 3.50. The Balaban J connectivity index is 2.02. The monoisotopic (exact) mass is 273 g/mol. The van der Waals surface area contributed by atoms with Gasteiger partial charge in [0, 0.05) is 19.1 Å². The van der Waals surface area contributed by atoms with Crippen molar-refractivity contribution in [2.24, 2.45) is 5.73 Å². The lowest BCUT2D eigenvalue weighted by Gasteiger charge is -2.30. The van der Waals surface area contributed by atoms with Gasteiger partial charge in [0.05, 0.1) is 18.7 Å². The summed E-state index contributed by atoms with van der Waals surface area (Å²) < 4.78 is 5.19. The molecule has 2 rings (SSSR count). The van der Waals surface area contributed by atoms with Crippen molar-refractivity contribution in [1.82, 2.24) is 5.32 Å². The molecule has 1 fully saturated rings. The van der Waals surface area contributed by atoms with E-state index in [9.17, 15) is 5.26 Å². The first-order valence-electron chi connectivity index (χ1n) is 7.30. The molecule has 0 spiro atoms. The average Bonchev–Trinajstić information content (AvgIpc) is 2.52. The molecule has 4 heteroatoms. The number of rotatable bonds is 5. The number of nitriles is 1. The Hall–Kier alpha value is -1.57. The van der Waals surface area contributed by atoms with Crippen molar-refractivity contribution in [3.63, 3.8) is 0 Å². The van der Waals surface area contributed by atoms with E-state index < -0.39 is 0 Å². The number of nitrogens with one attached hydrogen (secondary N) is 1. The van der Waals surface area contributed by atoms with E-state index in [2.05, 4.69) is 17.5 Å². The summed E-state index contributed by atoms with van der Waals surface area (Å²) in [4.78, 5) is 0. The van der Waals surface area contributed by atoms with Crippen molar-refractivity contribution in [2.45, 2.75) is 37.6 Å².